The second-order valence-corrected chi connectivity index (χ2v) is 5.11. The first-order valence-corrected chi connectivity index (χ1v) is 6.23. The molecule has 0 saturated carbocycles. The highest BCUT2D eigenvalue weighted by atomic mass is 16.5. The van der Waals surface area contributed by atoms with Crippen molar-refractivity contribution in [3.63, 3.8) is 0 Å². The van der Waals surface area contributed by atoms with Crippen LogP contribution in [0.3, 0.4) is 0 Å². The molecule has 3 atom stereocenters. The Balaban J connectivity index is 2.25. The third-order valence-corrected chi connectivity index (χ3v) is 3.53. The van der Waals surface area contributed by atoms with E-state index in [0.717, 1.165) is 32.5 Å². The summed E-state index contributed by atoms with van der Waals surface area (Å²) in [6, 6.07) is 0. The summed E-state index contributed by atoms with van der Waals surface area (Å²) in [5.74, 6) is 0. The fourth-order valence-electron chi connectivity index (χ4n) is 2.24. The predicted molar refractivity (Wildman–Crippen MR) is 66.9 cm³/mol. The van der Waals surface area contributed by atoms with Gasteiger partial charge in [0.25, 0.3) is 0 Å². The van der Waals surface area contributed by atoms with E-state index >= 15 is 0 Å². The largest absolute Gasteiger partial charge is 0.389 e. The summed E-state index contributed by atoms with van der Waals surface area (Å²) >= 11 is 0. The third kappa shape index (κ3) is 4.52. The van der Waals surface area contributed by atoms with Crippen LogP contribution in [0.2, 0.25) is 0 Å². The first-order chi connectivity index (χ1) is 8.02. The average molecular weight is 246 g/mol. The molecule has 0 radical (unpaired) electrons. The number of hydrogen-bond donors (Lipinski definition) is 2. The van der Waals surface area contributed by atoms with Gasteiger partial charge in [-0.05, 0) is 26.3 Å². The molecule has 1 heterocycles. The van der Waals surface area contributed by atoms with Gasteiger partial charge in [-0.15, -0.1) is 0 Å². The SMILES string of the molecule is COC1CN(CCCC(C)(O)CN)CC1OC. The lowest BCUT2D eigenvalue weighted by atomic mass is 10.0. The Morgan fingerprint density at radius 2 is 1.82 bits per heavy atom. The van der Waals surface area contributed by atoms with Crippen LogP contribution >= 0.6 is 0 Å². The van der Waals surface area contributed by atoms with E-state index in [4.69, 9.17) is 15.2 Å². The Kier molecular flexibility index (Phi) is 5.82. The quantitative estimate of drug-likeness (QED) is 0.652. The molecule has 17 heavy (non-hydrogen) atoms. The van der Waals surface area contributed by atoms with Crippen LogP contribution in [-0.2, 0) is 9.47 Å². The van der Waals surface area contributed by atoms with Crippen molar-refractivity contribution in [1.82, 2.24) is 4.90 Å². The van der Waals surface area contributed by atoms with Gasteiger partial charge in [0.05, 0.1) is 17.8 Å². The zero-order valence-electron chi connectivity index (χ0n) is 11.2. The van der Waals surface area contributed by atoms with Crippen LogP contribution in [0.5, 0.6) is 0 Å². The monoisotopic (exact) mass is 246 g/mol. The molecule has 5 nitrogen and oxygen atoms in total. The Labute approximate surface area is 104 Å². The highest BCUT2D eigenvalue weighted by Crippen LogP contribution is 2.17. The molecule has 5 heteroatoms. The van der Waals surface area contributed by atoms with E-state index in [1.54, 1.807) is 21.1 Å². The van der Waals surface area contributed by atoms with Crippen molar-refractivity contribution in [2.24, 2.45) is 5.73 Å². The molecular formula is C12H26N2O3. The molecule has 1 aliphatic rings. The van der Waals surface area contributed by atoms with Gasteiger partial charge in [-0.25, -0.2) is 0 Å². The maximum absolute atomic E-state index is 9.80. The smallest absolute Gasteiger partial charge is 0.0971 e. The first-order valence-electron chi connectivity index (χ1n) is 6.23. The fraction of sp³-hybridized carbons (Fsp3) is 1.00. The van der Waals surface area contributed by atoms with Gasteiger partial charge in [-0.1, -0.05) is 0 Å². The van der Waals surface area contributed by atoms with Crippen molar-refractivity contribution in [3.8, 4) is 0 Å². The zero-order chi connectivity index (χ0) is 12.9. The molecule has 0 aromatic carbocycles. The van der Waals surface area contributed by atoms with Crippen LogP contribution in [0.15, 0.2) is 0 Å². The molecule has 1 saturated heterocycles. The van der Waals surface area contributed by atoms with E-state index in [-0.39, 0.29) is 12.2 Å². The summed E-state index contributed by atoms with van der Waals surface area (Å²) in [6.45, 7) is 4.86. The molecule has 1 rings (SSSR count). The van der Waals surface area contributed by atoms with Gasteiger partial charge in [0, 0.05) is 33.9 Å². The van der Waals surface area contributed by atoms with E-state index in [9.17, 15) is 5.11 Å². The normalized spacial score (nSPS) is 29.5. The summed E-state index contributed by atoms with van der Waals surface area (Å²) in [5, 5.41) is 9.80. The summed E-state index contributed by atoms with van der Waals surface area (Å²) < 4.78 is 10.8. The summed E-state index contributed by atoms with van der Waals surface area (Å²) in [6.07, 6.45) is 2.00. The molecule has 0 bridgehead atoms. The Morgan fingerprint density at radius 3 is 2.24 bits per heavy atom. The summed E-state index contributed by atoms with van der Waals surface area (Å²) in [4.78, 5) is 2.31. The highest BCUT2D eigenvalue weighted by Gasteiger charge is 2.32. The number of nitrogens with zero attached hydrogens (tertiary/aromatic N) is 1. The maximum atomic E-state index is 9.80. The molecule has 102 valence electrons. The van der Waals surface area contributed by atoms with Gasteiger partial charge < -0.3 is 20.3 Å². The number of rotatable bonds is 7. The first kappa shape index (κ1) is 14.9. The van der Waals surface area contributed by atoms with E-state index in [0.29, 0.717) is 6.54 Å². The van der Waals surface area contributed by atoms with Gasteiger partial charge >= 0.3 is 0 Å². The van der Waals surface area contributed by atoms with Crippen molar-refractivity contribution >= 4 is 0 Å². The second kappa shape index (κ2) is 6.66. The second-order valence-electron chi connectivity index (χ2n) is 5.11. The fourth-order valence-corrected chi connectivity index (χ4v) is 2.24. The molecule has 0 aromatic heterocycles. The number of ether oxygens (including phenoxy) is 2. The lowest BCUT2D eigenvalue weighted by Gasteiger charge is -2.22. The number of nitrogens with two attached hydrogens (primary N) is 1. The lowest BCUT2D eigenvalue weighted by Crippen LogP contribution is -2.35. The van der Waals surface area contributed by atoms with Gasteiger partial charge in [0.15, 0.2) is 0 Å². The number of aliphatic hydroxyl groups is 1. The minimum absolute atomic E-state index is 0.162. The molecule has 1 aliphatic heterocycles. The Hall–Kier alpha value is -0.200. The third-order valence-electron chi connectivity index (χ3n) is 3.53. The maximum Gasteiger partial charge on any atom is 0.0971 e. The number of methoxy groups -OCH3 is 2. The Bertz CT molecular complexity index is 212. The van der Waals surface area contributed by atoms with Crippen molar-refractivity contribution in [1.29, 1.82) is 0 Å². The van der Waals surface area contributed by atoms with Crippen LogP contribution in [0.25, 0.3) is 0 Å². The molecule has 0 aliphatic carbocycles. The van der Waals surface area contributed by atoms with Gasteiger partial charge in [0.2, 0.25) is 0 Å². The number of hydrogen-bond acceptors (Lipinski definition) is 5. The standard InChI is InChI=1S/C12H26N2O3/c1-12(15,9-13)5-4-6-14-7-10(16-2)11(8-14)17-3/h10-11,15H,4-9,13H2,1-3H3. The van der Waals surface area contributed by atoms with Crippen LogP contribution in [-0.4, -0.2) is 68.2 Å². The lowest BCUT2D eigenvalue weighted by molar-refractivity contribution is -0.00461. The van der Waals surface area contributed by atoms with E-state index < -0.39 is 5.60 Å². The van der Waals surface area contributed by atoms with Crippen molar-refractivity contribution < 1.29 is 14.6 Å². The van der Waals surface area contributed by atoms with E-state index in [1.807, 2.05) is 0 Å². The van der Waals surface area contributed by atoms with Crippen molar-refractivity contribution in [2.45, 2.75) is 37.6 Å². The van der Waals surface area contributed by atoms with Gasteiger partial charge in [-0.2, -0.15) is 0 Å². The minimum atomic E-state index is -0.735. The molecule has 0 amide bonds. The predicted octanol–water partition coefficient (Wildman–Crippen LogP) is -0.178. The van der Waals surface area contributed by atoms with Crippen LogP contribution < -0.4 is 5.73 Å². The van der Waals surface area contributed by atoms with Crippen molar-refractivity contribution in [3.05, 3.63) is 0 Å². The van der Waals surface area contributed by atoms with Crippen LogP contribution in [0.4, 0.5) is 0 Å². The Morgan fingerprint density at radius 1 is 1.29 bits per heavy atom. The number of likely N-dealkylation sites (tertiary alicyclic amines) is 1. The topological polar surface area (TPSA) is 68.0 Å². The van der Waals surface area contributed by atoms with Crippen LogP contribution in [0, 0.1) is 0 Å². The van der Waals surface area contributed by atoms with Gasteiger partial charge in [-0.3, -0.25) is 4.90 Å². The molecular weight excluding hydrogens is 220 g/mol. The average Bonchev–Trinajstić information content (AvgIpc) is 2.71. The molecule has 0 aromatic rings. The van der Waals surface area contributed by atoms with E-state index in [1.165, 1.54) is 0 Å². The molecule has 0 spiro atoms. The molecule has 3 N–H and O–H groups in total. The molecule has 1 fully saturated rings. The minimum Gasteiger partial charge on any atom is -0.389 e. The highest BCUT2D eigenvalue weighted by molar-refractivity contribution is 4.86. The van der Waals surface area contributed by atoms with E-state index in [2.05, 4.69) is 4.90 Å². The zero-order valence-corrected chi connectivity index (χ0v) is 11.2. The van der Waals surface area contributed by atoms with Crippen molar-refractivity contribution in [2.75, 3.05) is 40.4 Å². The molecule has 3 unspecified atom stereocenters. The van der Waals surface area contributed by atoms with Gasteiger partial charge in [0.1, 0.15) is 0 Å². The van der Waals surface area contributed by atoms with Crippen LogP contribution in [0.1, 0.15) is 19.8 Å². The summed E-state index contributed by atoms with van der Waals surface area (Å²) in [5.41, 5.74) is 4.75. The summed E-state index contributed by atoms with van der Waals surface area (Å²) in [7, 11) is 3.44.